The summed E-state index contributed by atoms with van der Waals surface area (Å²) in [4.78, 5) is 12.0. The Labute approximate surface area is 105 Å². The van der Waals surface area contributed by atoms with Crippen molar-refractivity contribution in [3.8, 4) is 0 Å². The van der Waals surface area contributed by atoms with Crippen LogP contribution in [0.3, 0.4) is 0 Å². The number of amides is 1. The van der Waals surface area contributed by atoms with E-state index >= 15 is 0 Å². The first-order valence-electron chi connectivity index (χ1n) is 5.47. The van der Waals surface area contributed by atoms with Crippen LogP contribution in [-0.2, 0) is 7.05 Å². The van der Waals surface area contributed by atoms with E-state index in [0.29, 0.717) is 11.3 Å². The number of carbonyl (C=O) groups is 1. The minimum atomic E-state index is -0.163. The first-order chi connectivity index (χ1) is 8.60. The number of rotatable bonds is 3. The molecule has 0 fully saturated rings. The molecule has 0 spiro atoms. The molecule has 2 aromatic rings. The van der Waals surface area contributed by atoms with Crippen LogP contribution in [0, 0.1) is 6.92 Å². The van der Waals surface area contributed by atoms with Crippen molar-refractivity contribution in [1.82, 2.24) is 9.78 Å². The third kappa shape index (κ3) is 2.49. The molecule has 1 aromatic heterocycles. The van der Waals surface area contributed by atoms with Gasteiger partial charge in [0.2, 0.25) is 0 Å². The fourth-order valence-electron chi connectivity index (χ4n) is 1.69. The number of hydrazine groups is 1. The lowest BCUT2D eigenvalue weighted by molar-refractivity contribution is 0.102. The molecule has 0 aliphatic carbocycles. The van der Waals surface area contributed by atoms with Crippen LogP contribution >= 0.6 is 0 Å². The molecule has 0 radical (unpaired) electrons. The molecule has 0 atom stereocenters. The van der Waals surface area contributed by atoms with E-state index in [1.54, 1.807) is 36.3 Å². The SMILES string of the molecule is Cc1cc(NN)ccc1C(=O)Nc1cnn(C)c1. The Hall–Kier alpha value is -2.34. The Morgan fingerprint density at radius 2 is 2.17 bits per heavy atom. The van der Waals surface area contributed by atoms with Gasteiger partial charge in [0.25, 0.3) is 5.91 Å². The molecule has 18 heavy (non-hydrogen) atoms. The number of hydrogen-bond acceptors (Lipinski definition) is 4. The van der Waals surface area contributed by atoms with Crippen LogP contribution in [0.1, 0.15) is 15.9 Å². The Morgan fingerprint density at radius 3 is 2.72 bits per heavy atom. The van der Waals surface area contributed by atoms with E-state index in [0.717, 1.165) is 11.3 Å². The van der Waals surface area contributed by atoms with Crippen LogP contribution < -0.4 is 16.6 Å². The standard InChI is InChI=1S/C12H15N5O/c1-8-5-9(16-13)3-4-11(8)12(18)15-10-6-14-17(2)7-10/h3-7,16H,13H2,1-2H3,(H,15,18). The first kappa shape index (κ1) is 12.1. The van der Waals surface area contributed by atoms with Gasteiger partial charge in [-0.1, -0.05) is 0 Å². The molecule has 0 unspecified atom stereocenters. The highest BCUT2D eigenvalue weighted by Gasteiger charge is 2.10. The van der Waals surface area contributed by atoms with E-state index in [9.17, 15) is 4.79 Å². The number of nitrogens with two attached hydrogens (primary N) is 1. The fourth-order valence-corrected chi connectivity index (χ4v) is 1.69. The Bertz CT molecular complexity index is 576. The average Bonchev–Trinajstić information content (AvgIpc) is 2.74. The molecule has 1 heterocycles. The number of hydrogen-bond donors (Lipinski definition) is 3. The number of carbonyl (C=O) groups excluding carboxylic acids is 1. The summed E-state index contributed by atoms with van der Waals surface area (Å²) < 4.78 is 1.63. The predicted molar refractivity (Wildman–Crippen MR) is 70.2 cm³/mol. The van der Waals surface area contributed by atoms with Gasteiger partial charge in [-0.3, -0.25) is 15.3 Å². The van der Waals surface area contributed by atoms with E-state index in [-0.39, 0.29) is 5.91 Å². The topological polar surface area (TPSA) is 85.0 Å². The van der Waals surface area contributed by atoms with Gasteiger partial charge >= 0.3 is 0 Å². The summed E-state index contributed by atoms with van der Waals surface area (Å²) in [5.74, 6) is 5.15. The van der Waals surface area contributed by atoms with E-state index in [2.05, 4.69) is 15.8 Å². The van der Waals surface area contributed by atoms with Crippen molar-refractivity contribution >= 4 is 17.3 Å². The van der Waals surface area contributed by atoms with Gasteiger partial charge in [0, 0.05) is 24.5 Å². The number of nitrogen functional groups attached to an aromatic ring is 1. The summed E-state index contributed by atoms with van der Waals surface area (Å²) >= 11 is 0. The normalized spacial score (nSPS) is 10.2. The molecule has 94 valence electrons. The van der Waals surface area contributed by atoms with Gasteiger partial charge in [0.15, 0.2) is 0 Å². The van der Waals surface area contributed by atoms with Crippen molar-refractivity contribution in [3.63, 3.8) is 0 Å². The Kier molecular flexibility index (Phi) is 3.29. The van der Waals surface area contributed by atoms with E-state index < -0.39 is 0 Å². The lowest BCUT2D eigenvalue weighted by Gasteiger charge is -2.08. The molecule has 0 saturated heterocycles. The van der Waals surface area contributed by atoms with Gasteiger partial charge in [-0.15, -0.1) is 0 Å². The van der Waals surface area contributed by atoms with Gasteiger partial charge in [-0.25, -0.2) is 0 Å². The number of anilines is 2. The zero-order valence-corrected chi connectivity index (χ0v) is 10.3. The summed E-state index contributed by atoms with van der Waals surface area (Å²) in [5.41, 5.74) is 5.44. The molecule has 0 saturated carbocycles. The molecule has 2 rings (SSSR count). The third-order valence-corrected chi connectivity index (χ3v) is 2.60. The van der Waals surface area contributed by atoms with E-state index in [1.807, 2.05) is 13.0 Å². The number of nitrogens with zero attached hydrogens (tertiary/aromatic N) is 2. The first-order valence-corrected chi connectivity index (χ1v) is 5.47. The molecule has 4 N–H and O–H groups in total. The fraction of sp³-hybridized carbons (Fsp3) is 0.167. The van der Waals surface area contributed by atoms with Gasteiger partial charge < -0.3 is 10.7 Å². The largest absolute Gasteiger partial charge is 0.324 e. The number of nitrogens with one attached hydrogen (secondary N) is 2. The summed E-state index contributed by atoms with van der Waals surface area (Å²) in [6.07, 6.45) is 3.34. The Morgan fingerprint density at radius 1 is 1.39 bits per heavy atom. The van der Waals surface area contributed by atoms with Gasteiger partial charge in [0.1, 0.15) is 0 Å². The summed E-state index contributed by atoms with van der Waals surface area (Å²) in [6.45, 7) is 1.86. The lowest BCUT2D eigenvalue weighted by atomic mass is 10.1. The van der Waals surface area contributed by atoms with Crippen molar-refractivity contribution in [2.75, 3.05) is 10.7 Å². The molecule has 0 bridgehead atoms. The maximum Gasteiger partial charge on any atom is 0.256 e. The minimum Gasteiger partial charge on any atom is -0.324 e. The highest BCUT2D eigenvalue weighted by Crippen LogP contribution is 2.16. The zero-order chi connectivity index (χ0) is 13.1. The van der Waals surface area contributed by atoms with E-state index in [1.165, 1.54) is 0 Å². The molecular weight excluding hydrogens is 230 g/mol. The molecule has 1 amide bonds. The highest BCUT2D eigenvalue weighted by molar-refractivity contribution is 6.05. The summed E-state index contributed by atoms with van der Waals surface area (Å²) in [6, 6.07) is 5.31. The molecule has 0 aliphatic heterocycles. The second-order valence-corrected chi connectivity index (χ2v) is 4.03. The number of benzene rings is 1. The van der Waals surface area contributed by atoms with Crippen LogP contribution in [0.2, 0.25) is 0 Å². The maximum atomic E-state index is 12.0. The molecular formula is C12H15N5O. The van der Waals surface area contributed by atoms with Crippen molar-refractivity contribution in [2.45, 2.75) is 6.92 Å². The number of aromatic nitrogens is 2. The molecule has 0 aliphatic rings. The third-order valence-electron chi connectivity index (χ3n) is 2.60. The van der Waals surface area contributed by atoms with Gasteiger partial charge in [-0.05, 0) is 30.7 Å². The minimum absolute atomic E-state index is 0.163. The Balaban J connectivity index is 2.18. The monoisotopic (exact) mass is 245 g/mol. The maximum absolute atomic E-state index is 12.0. The van der Waals surface area contributed by atoms with Crippen LogP contribution in [-0.4, -0.2) is 15.7 Å². The lowest BCUT2D eigenvalue weighted by Crippen LogP contribution is -2.14. The molecule has 6 heteroatoms. The predicted octanol–water partition coefficient (Wildman–Crippen LogP) is 1.27. The van der Waals surface area contributed by atoms with Gasteiger partial charge in [0.05, 0.1) is 11.9 Å². The van der Waals surface area contributed by atoms with Gasteiger partial charge in [-0.2, -0.15) is 5.10 Å². The second kappa shape index (κ2) is 4.89. The van der Waals surface area contributed by atoms with Crippen molar-refractivity contribution < 1.29 is 4.79 Å². The van der Waals surface area contributed by atoms with Crippen LogP contribution in [0.25, 0.3) is 0 Å². The van der Waals surface area contributed by atoms with Crippen LogP contribution in [0.4, 0.5) is 11.4 Å². The summed E-state index contributed by atoms with van der Waals surface area (Å²) in [7, 11) is 1.79. The van der Waals surface area contributed by atoms with Crippen molar-refractivity contribution in [3.05, 3.63) is 41.7 Å². The van der Waals surface area contributed by atoms with Crippen LogP contribution in [0.15, 0.2) is 30.6 Å². The number of aryl methyl sites for hydroxylation is 2. The average molecular weight is 245 g/mol. The van der Waals surface area contributed by atoms with Crippen molar-refractivity contribution in [1.29, 1.82) is 0 Å². The highest BCUT2D eigenvalue weighted by atomic mass is 16.1. The second-order valence-electron chi connectivity index (χ2n) is 4.03. The van der Waals surface area contributed by atoms with Crippen molar-refractivity contribution in [2.24, 2.45) is 12.9 Å². The molecule has 1 aromatic carbocycles. The van der Waals surface area contributed by atoms with Crippen LogP contribution in [0.5, 0.6) is 0 Å². The zero-order valence-electron chi connectivity index (χ0n) is 10.3. The smallest absolute Gasteiger partial charge is 0.256 e. The quantitative estimate of drug-likeness (QED) is 0.561. The summed E-state index contributed by atoms with van der Waals surface area (Å²) in [5, 5.41) is 6.77. The van der Waals surface area contributed by atoms with E-state index in [4.69, 9.17) is 5.84 Å². The molecule has 6 nitrogen and oxygen atoms in total.